The summed E-state index contributed by atoms with van der Waals surface area (Å²) in [4.78, 5) is 20.6. The van der Waals surface area contributed by atoms with Crippen LogP contribution in [0, 0.1) is 0 Å². The molecule has 1 aliphatic rings. The minimum absolute atomic E-state index is 0. The highest BCUT2D eigenvalue weighted by Crippen LogP contribution is 2.38. The average Bonchev–Trinajstić information content (AvgIpc) is 3.19. The van der Waals surface area contributed by atoms with Gasteiger partial charge in [0, 0.05) is 24.7 Å². The number of aromatic nitrogens is 3. The number of likely N-dealkylation sites (tertiary alicyclic amines) is 1. The maximum Gasteiger partial charge on any atom is 0.267 e. The fraction of sp³-hybridized carbons (Fsp3) is 0.435. The van der Waals surface area contributed by atoms with Crippen LogP contribution in [-0.4, -0.2) is 38.9 Å². The van der Waals surface area contributed by atoms with E-state index < -0.39 is 0 Å². The number of benzene rings is 1. The highest BCUT2D eigenvalue weighted by atomic mass is 35.5. The van der Waals surface area contributed by atoms with E-state index in [9.17, 15) is 4.79 Å². The number of piperidine rings is 1. The molecule has 6 nitrogen and oxygen atoms in total. The monoisotopic (exact) mass is 495 g/mol. The first kappa shape index (κ1) is 26.3. The Morgan fingerprint density at radius 1 is 0.969 bits per heavy atom. The summed E-state index contributed by atoms with van der Waals surface area (Å²) in [5.74, 6) is 0. The van der Waals surface area contributed by atoms with E-state index in [1.807, 2.05) is 32.0 Å². The molecule has 3 heterocycles. The van der Waals surface area contributed by atoms with Crippen molar-refractivity contribution in [2.45, 2.75) is 52.2 Å². The Bertz CT molecular complexity index is 1050. The summed E-state index contributed by atoms with van der Waals surface area (Å²) in [6.07, 6.45) is 4.06. The Morgan fingerprint density at radius 3 is 2.31 bits per heavy atom. The second kappa shape index (κ2) is 11.8. The lowest BCUT2D eigenvalue weighted by Gasteiger charge is -2.32. The van der Waals surface area contributed by atoms with Crippen molar-refractivity contribution in [1.82, 2.24) is 19.7 Å². The molecule has 1 aliphatic heterocycles. The van der Waals surface area contributed by atoms with Gasteiger partial charge in [0.15, 0.2) is 5.13 Å². The zero-order chi connectivity index (χ0) is 21.1. The summed E-state index contributed by atoms with van der Waals surface area (Å²) in [7, 11) is 0. The molecule has 1 atom stereocenters. The van der Waals surface area contributed by atoms with Gasteiger partial charge < -0.3 is 5.32 Å². The molecular weight excluding hydrogens is 465 g/mol. The van der Waals surface area contributed by atoms with E-state index in [0.29, 0.717) is 0 Å². The van der Waals surface area contributed by atoms with Crippen LogP contribution >= 0.6 is 36.2 Å². The highest BCUT2D eigenvalue weighted by Gasteiger charge is 2.21. The molecule has 1 aromatic carbocycles. The van der Waals surface area contributed by atoms with Crippen molar-refractivity contribution < 1.29 is 0 Å². The van der Waals surface area contributed by atoms with Crippen LogP contribution in [0.25, 0.3) is 21.8 Å². The van der Waals surface area contributed by atoms with E-state index in [1.165, 1.54) is 23.9 Å². The third-order valence-corrected chi connectivity index (χ3v) is 6.50. The second-order valence-corrected chi connectivity index (χ2v) is 9.07. The molecule has 174 valence electrons. The molecule has 1 N–H and O–H groups in total. The van der Waals surface area contributed by atoms with Gasteiger partial charge in [-0.15, -0.1) is 24.8 Å². The third-order valence-electron chi connectivity index (χ3n) is 5.49. The van der Waals surface area contributed by atoms with E-state index in [2.05, 4.69) is 34.4 Å². The van der Waals surface area contributed by atoms with Crippen LogP contribution in [0.1, 0.15) is 46.1 Å². The van der Waals surface area contributed by atoms with Gasteiger partial charge in [-0.25, -0.2) is 9.67 Å². The maximum absolute atomic E-state index is 12.2. The number of nitrogens with one attached hydrogen (secondary N) is 1. The zero-order valence-corrected chi connectivity index (χ0v) is 21.1. The molecule has 1 unspecified atom stereocenters. The summed E-state index contributed by atoms with van der Waals surface area (Å²) in [6, 6.07) is 13.6. The quantitative estimate of drug-likeness (QED) is 0.474. The molecule has 1 saturated heterocycles. The summed E-state index contributed by atoms with van der Waals surface area (Å²) in [6.45, 7) is 8.38. The van der Waals surface area contributed by atoms with Crippen molar-refractivity contribution in [1.29, 1.82) is 0 Å². The van der Waals surface area contributed by atoms with Gasteiger partial charge in [0.1, 0.15) is 5.69 Å². The van der Waals surface area contributed by atoms with E-state index in [0.717, 1.165) is 40.0 Å². The van der Waals surface area contributed by atoms with E-state index in [1.54, 1.807) is 23.5 Å². The van der Waals surface area contributed by atoms with Gasteiger partial charge in [-0.2, -0.15) is 5.10 Å². The summed E-state index contributed by atoms with van der Waals surface area (Å²) < 4.78 is 1.54. The standard InChI is InChI=1S/C23H29N5OS.2ClH/c1-16(2)28-20(29)13-12-19(26-28)22-21(18-10-6-4-7-11-18)25-23(30-22)24-17(3)27-14-8-5-9-15-27;;/h4,6-7,10-13,16-17H,5,8-9,14-15H2,1-3H3,(H,24,25);2*1H. The lowest BCUT2D eigenvalue weighted by molar-refractivity contribution is 0.190. The lowest BCUT2D eigenvalue weighted by atomic mass is 10.1. The van der Waals surface area contributed by atoms with Crippen molar-refractivity contribution in [3.63, 3.8) is 0 Å². The van der Waals surface area contributed by atoms with Gasteiger partial charge in [-0.05, 0) is 39.7 Å². The van der Waals surface area contributed by atoms with Crippen molar-refractivity contribution in [2.75, 3.05) is 18.4 Å². The Labute approximate surface area is 205 Å². The Morgan fingerprint density at radius 2 is 1.66 bits per heavy atom. The van der Waals surface area contributed by atoms with E-state index in [-0.39, 0.29) is 42.6 Å². The number of hydrogen-bond donors (Lipinski definition) is 1. The van der Waals surface area contributed by atoms with E-state index in [4.69, 9.17) is 4.98 Å². The number of anilines is 1. The molecule has 2 aromatic heterocycles. The number of halogens is 2. The van der Waals surface area contributed by atoms with E-state index >= 15 is 0 Å². The molecule has 0 saturated carbocycles. The van der Waals surface area contributed by atoms with Gasteiger partial charge in [0.2, 0.25) is 0 Å². The van der Waals surface area contributed by atoms with Crippen LogP contribution in [0.3, 0.4) is 0 Å². The summed E-state index contributed by atoms with van der Waals surface area (Å²) >= 11 is 1.60. The minimum Gasteiger partial charge on any atom is -0.346 e. The van der Waals surface area contributed by atoms with Crippen LogP contribution < -0.4 is 10.9 Å². The molecule has 0 aliphatic carbocycles. The smallest absolute Gasteiger partial charge is 0.267 e. The van der Waals surface area contributed by atoms with Gasteiger partial charge in [0.25, 0.3) is 5.56 Å². The van der Waals surface area contributed by atoms with Gasteiger partial charge in [-0.1, -0.05) is 48.1 Å². The Hall–Kier alpha value is -1.93. The molecule has 1 fully saturated rings. The summed E-state index contributed by atoms with van der Waals surface area (Å²) in [5.41, 5.74) is 2.64. The molecule has 4 rings (SSSR count). The first-order chi connectivity index (χ1) is 14.5. The van der Waals surface area contributed by atoms with Crippen molar-refractivity contribution in [3.05, 3.63) is 52.8 Å². The molecule has 32 heavy (non-hydrogen) atoms. The Kier molecular flexibility index (Phi) is 9.70. The minimum atomic E-state index is -0.0865. The Balaban J connectivity index is 0.00000181. The first-order valence-corrected chi connectivity index (χ1v) is 11.5. The van der Waals surface area contributed by atoms with Gasteiger partial charge in [0.05, 0.1) is 22.8 Å². The largest absolute Gasteiger partial charge is 0.346 e. The van der Waals surface area contributed by atoms with Crippen molar-refractivity contribution in [3.8, 4) is 21.8 Å². The zero-order valence-electron chi connectivity index (χ0n) is 18.7. The van der Waals surface area contributed by atoms with Crippen molar-refractivity contribution in [2.24, 2.45) is 0 Å². The molecule has 3 aromatic rings. The number of thiazole rings is 1. The number of hydrogen-bond acceptors (Lipinski definition) is 6. The lowest BCUT2D eigenvalue weighted by Crippen LogP contribution is -2.41. The van der Waals surface area contributed by atoms with Gasteiger partial charge >= 0.3 is 0 Å². The predicted octanol–water partition coefficient (Wildman–Crippen LogP) is 5.70. The van der Waals surface area contributed by atoms with Crippen LogP contribution in [0.4, 0.5) is 5.13 Å². The van der Waals surface area contributed by atoms with Crippen LogP contribution in [0.5, 0.6) is 0 Å². The summed E-state index contributed by atoms with van der Waals surface area (Å²) in [5, 5.41) is 9.13. The molecular formula is C23H31Cl2N5OS. The molecule has 0 radical (unpaired) electrons. The maximum atomic E-state index is 12.2. The number of nitrogens with zero attached hydrogens (tertiary/aromatic N) is 4. The molecule has 0 amide bonds. The highest BCUT2D eigenvalue weighted by molar-refractivity contribution is 7.19. The van der Waals surface area contributed by atoms with Crippen LogP contribution in [-0.2, 0) is 0 Å². The fourth-order valence-electron chi connectivity index (χ4n) is 3.84. The average molecular weight is 497 g/mol. The molecule has 9 heteroatoms. The SMILES string of the molecule is CC(Nc1nc(-c2ccccc2)c(-c2ccc(=O)n(C(C)C)n2)s1)N1CCCCC1.Cl.Cl. The van der Waals surface area contributed by atoms with Crippen LogP contribution in [0.15, 0.2) is 47.3 Å². The van der Waals surface area contributed by atoms with Crippen LogP contribution in [0.2, 0.25) is 0 Å². The third kappa shape index (κ3) is 5.90. The van der Waals surface area contributed by atoms with Gasteiger partial charge in [-0.3, -0.25) is 9.69 Å². The topological polar surface area (TPSA) is 63.1 Å². The normalized spacial score (nSPS) is 15.0. The second-order valence-electron chi connectivity index (χ2n) is 8.07. The number of rotatable bonds is 6. The fourth-order valence-corrected chi connectivity index (χ4v) is 4.87. The van der Waals surface area contributed by atoms with Crippen molar-refractivity contribution >= 4 is 41.3 Å². The first-order valence-electron chi connectivity index (χ1n) is 10.7. The molecule has 0 spiro atoms. The molecule has 0 bridgehead atoms. The predicted molar refractivity (Wildman–Crippen MR) is 138 cm³/mol.